The number of nitrogens with zero attached hydrogens (tertiary/aromatic N) is 2. The number of amides is 2. The van der Waals surface area contributed by atoms with Gasteiger partial charge in [0, 0.05) is 30.3 Å². The summed E-state index contributed by atoms with van der Waals surface area (Å²) < 4.78 is 0. The highest BCUT2D eigenvalue weighted by Crippen LogP contribution is 2.20. The van der Waals surface area contributed by atoms with E-state index in [1.807, 2.05) is 13.8 Å². The van der Waals surface area contributed by atoms with E-state index in [4.69, 9.17) is 0 Å². The molecule has 0 bridgehead atoms. The lowest BCUT2D eigenvalue weighted by atomic mass is 10.1. The fraction of sp³-hybridized carbons (Fsp3) is 0.200. The summed E-state index contributed by atoms with van der Waals surface area (Å²) in [6.45, 7) is 4.15. The van der Waals surface area contributed by atoms with E-state index in [0.29, 0.717) is 11.1 Å². The molecule has 2 amide bonds. The van der Waals surface area contributed by atoms with E-state index in [1.165, 1.54) is 12.1 Å². The zero-order valence-electron chi connectivity index (χ0n) is 15.5. The number of fused-ring (bicyclic) bond motifs is 1. The van der Waals surface area contributed by atoms with Crippen LogP contribution in [0.15, 0.2) is 36.4 Å². The van der Waals surface area contributed by atoms with Gasteiger partial charge in [0.1, 0.15) is 11.5 Å². The van der Waals surface area contributed by atoms with Crippen molar-refractivity contribution >= 4 is 22.8 Å². The van der Waals surface area contributed by atoms with Crippen LogP contribution in [0.25, 0.3) is 11.0 Å². The topological polar surface area (TPSA) is 124 Å². The minimum absolute atomic E-state index is 0.127. The number of hydrogen-bond donors (Lipinski definition) is 4. The molecule has 0 aliphatic carbocycles. The molecule has 0 saturated carbocycles. The summed E-state index contributed by atoms with van der Waals surface area (Å²) >= 11 is 0. The molecule has 1 heterocycles. The molecule has 0 saturated heterocycles. The van der Waals surface area contributed by atoms with Crippen LogP contribution in [0.1, 0.15) is 32.1 Å². The van der Waals surface area contributed by atoms with Crippen molar-refractivity contribution in [3.05, 3.63) is 58.9 Å². The average Bonchev–Trinajstić information content (AvgIpc) is 2.64. The molecule has 3 aromatic rings. The van der Waals surface area contributed by atoms with Gasteiger partial charge in [-0.3, -0.25) is 9.59 Å². The minimum atomic E-state index is -0.465. The van der Waals surface area contributed by atoms with Crippen molar-refractivity contribution in [1.82, 2.24) is 20.6 Å². The van der Waals surface area contributed by atoms with Crippen LogP contribution in [0.4, 0.5) is 0 Å². The van der Waals surface area contributed by atoms with Gasteiger partial charge >= 0.3 is 0 Å². The lowest BCUT2D eigenvalue weighted by molar-refractivity contribution is 0.0927. The number of phenols is 2. The number of hydrogen-bond acceptors (Lipinski definition) is 6. The Morgan fingerprint density at radius 1 is 0.786 bits per heavy atom. The van der Waals surface area contributed by atoms with Crippen LogP contribution in [0, 0.1) is 13.8 Å². The van der Waals surface area contributed by atoms with Crippen LogP contribution in [0.3, 0.4) is 0 Å². The molecule has 0 aliphatic rings. The Bertz CT molecular complexity index is 1050. The van der Waals surface area contributed by atoms with Crippen molar-refractivity contribution in [3.8, 4) is 11.5 Å². The Morgan fingerprint density at radius 3 is 1.93 bits per heavy atom. The lowest BCUT2D eigenvalue weighted by Gasteiger charge is -2.09. The molecular weight excluding hydrogens is 360 g/mol. The van der Waals surface area contributed by atoms with Crippen LogP contribution < -0.4 is 10.6 Å². The Morgan fingerprint density at radius 2 is 1.32 bits per heavy atom. The highest BCUT2D eigenvalue weighted by Gasteiger charge is 2.10. The highest BCUT2D eigenvalue weighted by atomic mass is 16.3. The van der Waals surface area contributed by atoms with Gasteiger partial charge in [0.2, 0.25) is 0 Å². The van der Waals surface area contributed by atoms with E-state index < -0.39 is 5.91 Å². The molecular formula is C20H20N4O4. The maximum Gasteiger partial charge on any atom is 0.251 e. The van der Waals surface area contributed by atoms with E-state index in [9.17, 15) is 19.8 Å². The van der Waals surface area contributed by atoms with Gasteiger partial charge in [0.25, 0.3) is 11.8 Å². The molecule has 0 unspecified atom stereocenters. The molecule has 4 N–H and O–H groups in total. The van der Waals surface area contributed by atoms with Crippen molar-refractivity contribution in [2.75, 3.05) is 13.1 Å². The van der Waals surface area contributed by atoms with Gasteiger partial charge in [-0.2, -0.15) is 0 Å². The van der Waals surface area contributed by atoms with E-state index in [-0.39, 0.29) is 36.1 Å². The fourth-order valence-electron chi connectivity index (χ4n) is 2.65. The summed E-state index contributed by atoms with van der Waals surface area (Å²) in [7, 11) is 0. The monoisotopic (exact) mass is 380 g/mol. The molecule has 8 heteroatoms. The third-order valence-corrected chi connectivity index (χ3v) is 4.20. The minimum Gasteiger partial charge on any atom is -0.508 e. The second-order valence-corrected chi connectivity index (χ2v) is 6.35. The Kier molecular flexibility index (Phi) is 5.39. The van der Waals surface area contributed by atoms with E-state index in [2.05, 4.69) is 20.6 Å². The van der Waals surface area contributed by atoms with E-state index in [1.54, 1.807) is 18.2 Å². The van der Waals surface area contributed by atoms with Crippen molar-refractivity contribution in [2.24, 2.45) is 0 Å². The standard InChI is InChI=1S/C20H20N4O4/c1-11-12(2)24-18-9-13(3-4-17(18)23-11)19(27)21-5-6-22-20(28)14-7-15(25)10-16(26)8-14/h3-4,7-10,25-26H,5-6H2,1-2H3,(H,21,27)(H,22,28). The van der Waals surface area contributed by atoms with Crippen LogP contribution in [0.5, 0.6) is 11.5 Å². The third-order valence-electron chi connectivity index (χ3n) is 4.20. The number of rotatable bonds is 5. The molecule has 28 heavy (non-hydrogen) atoms. The molecule has 0 radical (unpaired) electrons. The fourth-order valence-corrected chi connectivity index (χ4v) is 2.65. The lowest BCUT2D eigenvalue weighted by Crippen LogP contribution is -2.34. The summed E-state index contributed by atoms with van der Waals surface area (Å²) in [5.41, 5.74) is 3.61. The van der Waals surface area contributed by atoms with Crippen LogP contribution >= 0.6 is 0 Å². The van der Waals surface area contributed by atoms with Crippen molar-refractivity contribution in [2.45, 2.75) is 13.8 Å². The van der Waals surface area contributed by atoms with E-state index in [0.717, 1.165) is 23.0 Å². The van der Waals surface area contributed by atoms with Gasteiger partial charge < -0.3 is 20.8 Å². The number of benzene rings is 2. The zero-order chi connectivity index (χ0) is 20.3. The molecule has 1 aromatic heterocycles. The maximum absolute atomic E-state index is 12.3. The first-order valence-corrected chi connectivity index (χ1v) is 8.68. The molecule has 0 aliphatic heterocycles. The second-order valence-electron chi connectivity index (χ2n) is 6.35. The van der Waals surface area contributed by atoms with Crippen molar-refractivity contribution in [1.29, 1.82) is 0 Å². The molecule has 3 rings (SSSR count). The highest BCUT2D eigenvalue weighted by molar-refractivity contribution is 5.97. The SMILES string of the molecule is Cc1nc2ccc(C(=O)NCCNC(=O)c3cc(O)cc(O)c3)cc2nc1C. The summed E-state index contributed by atoms with van der Waals surface area (Å²) in [4.78, 5) is 33.2. The van der Waals surface area contributed by atoms with Gasteiger partial charge in [-0.15, -0.1) is 0 Å². The van der Waals surface area contributed by atoms with Crippen LogP contribution in [-0.4, -0.2) is 45.1 Å². The first-order valence-electron chi connectivity index (χ1n) is 8.68. The maximum atomic E-state index is 12.3. The number of nitrogens with one attached hydrogen (secondary N) is 2. The first kappa shape index (κ1) is 19.1. The molecule has 0 atom stereocenters. The van der Waals surface area contributed by atoms with E-state index >= 15 is 0 Å². The molecule has 0 spiro atoms. The van der Waals surface area contributed by atoms with Gasteiger partial charge in [-0.05, 0) is 44.2 Å². The van der Waals surface area contributed by atoms with Crippen molar-refractivity contribution < 1.29 is 19.8 Å². The molecule has 8 nitrogen and oxygen atoms in total. The normalized spacial score (nSPS) is 10.6. The smallest absolute Gasteiger partial charge is 0.251 e. The first-order chi connectivity index (χ1) is 13.3. The Labute approximate surface area is 161 Å². The Hall–Kier alpha value is -3.68. The predicted molar refractivity (Wildman–Crippen MR) is 103 cm³/mol. The number of carbonyl (C=O) groups is 2. The zero-order valence-corrected chi connectivity index (χ0v) is 15.5. The summed E-state index contributed by atoms with van der Waals surface area (Å²) in [5.74, 6) is -1.16. The Balaban J connectivity index is 1.56. The number of aryl methyl sites for hydroxylation is 2. The molecule has 2 aromatic carbocycles. The largest absolute Gasteiger partial charge is 0.508 e. The van der Waals surface area contributed by atoms with Crippen LogP contribution in [-0.2, 0) is 0 Å². The van der Waals surface area contributed by atoms with Crippen molar-refractivity contribution in [3.63, 3.8) is 0 Å². The summed E-state index contributed by atoms with van der Waals surface area (Å²) in [6.07, 6.45) is 0. The second kappa shape index (κ2) is 7.91. The number of carbonyl (C=O) groups excluding carboxylic acids is 2. The van der Waals surface area contributed by atoms with Gasteiger partial charge in [0.15, 0.2) is 0 Å². The third kappa shape index (κ3) is 4.35. The van der Waals surface area contributed by atoms with Crippen LogP contribution in [0.2, 0.25) is 0 Å². The van der Waals surface area contributed by atoms with Gasteiger partial charge in [0.05, 0.1) is 22.4 Å². The molecule has 0 fully saturated rings. The average molecular weight is 380 g/mol. The van der Waals surface area contributed by atoms with Gasteiger partial charge in [-0.1, -0.05) is 0 Å². The number of aromatic hydroxyl groups is 2. The summed E-state index contributed by atoms with van der Waals surface area (Å²) in [6, 6.07) is 8.72. The van der Waals surface area contributed by atoms with Gasteiger partial charge in [-0.25, -0.2) is 9.97 Å². The molecule has 144 valence electrons. The number of phenolic OH excluding ortho intramolecular Hbond substituents is 2. The summed E-state index contributed by atoms with van der Waals surface area (Å²) in [5, 5.41) is 24.2. The number of aromatic nitrogens is 2. The predicted octanol–water partition coefficient (Wildman–Crippen LogP) is 1.82. The quantitative estimate of drug-likeness (QED) is 0.501.